The Morgan fingerprint density at radius 2 is 1.78 bits per heavy atom. The van der Waals surface area contributed by atoms with Gasteiger partial charge in [0, 0.05) is 31.5 Å². The van der Waals surface area contributed by atoms with Gasteiger partial charge in [0.25, 0.3) is 5.91 Å². The lowest BCUT2D eigenvalue weighted by Gasteiger charge is -2.35. The zero-order chi connectivity index (χ0) is 17.0. The largest absolute Gasteiger partial charge is 0.479 e. The molecule has 1 fully saturated rings. The number of nitrogens with zero attached hydrogens (tertiary/aromatic N) is 1. The van der Waals surface area contributed by atoms with Crippen LogP contribution in [0.2, 0.25) is 0 Å². The fraction of sp³-hybridized carbons (Fsp3) is 0.529. The standard InChI is InChI=1S/C17H23NO5/c1-12(2)23-11-13-3-5-14(6-4-13)15(19)18-9-7-17(22,8-10-18)16(20)21/h3-6,12,22H,7-11H2,1-2H3,(H,20,21). The van der Waals surface area contributed by atoms with E-state index in [2.05, 4.69) is 0 Å². The van der Waals surface area contributed by atoms with Gasteiger partial charge in [0.1, 0.15) is 0 Å². The molecule has 1 saturated heterocycles. The van der Waals surface area contributed by atoms with Gasteiger partial charge in [-0.1, -0.05) is 12.1 Å². The van der Waals surface area contributed by atoms with Crippen molar-refractivity contribution in [3.63, 3.8) is 0 Å². The van der Waals surface area contributed by atoms with E-state index in [4.69, 9.17) is 9.84 Å². The summed E-state index contributed by atoms with van der Waals surface area (Å²) in [4.78, 5) is 25.0. The summed E-state index contributed by atoms with van der Waals surface area (Å²) in [6, 6.07) is 7.21. The maximum absolute atomic E-state index is 12.4. The molecule has 0 atom stereocenters. The minimum atomic E-state index is -1.71. The molecule has 0 bridgehead atoms. The number of piperidine rings is 1. The average Bonchev–Trinajstić information content (AvgIpc) is 2.53. The second-order valence-corrected chi connectivity index (χ2v) is 6.19. The maximum Gasteiger partial charge on any atom is 0.335 e. The van der Waals surface area contributed by atoms with Crippen LogP contribution in [0.15, 0.2) is 24.3 Å². The van der Waals surface area contributed by atoms with Gasteiger partial charge in [-0.25, -0.2) is 4.79 Å². The van der Waals surface area contributed by atoms with Crippen molar-refractivity contribution in [1.29, 1.82) is 0 Å². The molecular weight excluding hydrogens is 298 g/mol. The van der Waals surface area contributed by atoms with Gasteiger partial charge in [0.15, 0.2) is 5.60 Å². The monoisotopic (exact) mass is 321 g/mol. The summed E-state index contributed by atoms with van der Waals surface area (Å²) in [6.45, 7) is 4.90. The number of carboxylic acids is 1. The second-order valence-electron chi connectivity index (χ2n) is 6.19. The van der Waals surface area contributed by atoms with Crippen molar-refractivity contribution in [3.8, 4) is 0 Å². The Morgan fingerprint density at radius 1 is 1.22 bits per heavy atom. The van der Waals surface area contributed by atoms with Gasteiger partial charge >= 0.3 is 5.97 Å². The van der Waals surface area contributed by atoms with Crippen molar-refractivity contribution in [1.82, 2.24) is 4.90 Å². The van der Waals surface area contributed by atoms with E-state index in [9.17, 15) is 14.7 Å². The van der Waals surface area contributed by atoms with Crippen molar-refractivity contribution in [2.75, 3.05) is 13.1 Å². The summed E-state index contributed by atoms with van der Waals surface area (Å²) < 4.78 is 5.51. The molecule has 0 radical (unpaired) electrons. The number of amides is 1. The molecule has 0 aliphatic carbocycles. The molecule has 2 rings (SSSR count). The number of carboxylic acid groups (broad SMARTS) is 1. The average molecular weight is 321 g/mol. The molecule has 1 aliphatic heterocycles. The molecule has 0 saturated carbocycles. The van der Waals surface area contributed by atoms with Gasteiger partial charge in [-0.15, -0.1) is 0 Å². The highest BCUT2D eigenvalue weighted by Gasteiger charge is 2.40. The van der Waals surface area contributed by atoms with Crippen LogP contribution in [0.5, 0.6) is 0 Å². The predicted octanol–water partition coefficient (Wildman–Crippen LogP) is 1.66. The Labute approximate surface area is 135 Å². The summed E-state index contributed by atoms with van der Waals surface area (Å²) >= 11 is 0. The number of hydrogen-bond acceptors (Lipinski definition) is 4. The number of aliphatic carboxylic acids is 1. The number of carbonyl (C=O) groups is 2. The first-order valence-corrected chi connectivity index (χ1v) is 7.77. The Hall–Kier alpha value is -1.92. The van der Waals surface area contributed by atoms with Gasteiger partial charge in [-0.2, -0.15) is 0 Å². The number of rotatable bonds is 5. The molecular formula is C17H23NO5. The molecule has 0 spiro atoms. The van der Waals surface area contributed by atoms with E-state index < -0.39 is 11.6 Å². The summed E-state index contributed by atoms with van der Waals surface area (Å²) in [6.07, 6.45) is 0.251. The van der Waals surface area contributed by atoms with Crippen LogP contribution in [0.25, 0.3) is 0 Å². The van der Waals surface area contributed by atoms with Crippen LogP contribution in [0.1, 0.15) is 42.6 Å². The van der Waals surface area contributed by atoms with Crippen LogP contribution >= 0.6 is 0 Å². The lowest BCUT2D eigenvalue weighted by atomic mass is 9.91. The molecule has 6 heteroatoms. The minimum absolute atomic E-state index is 0.0500. The number of aliphatic hydroxyl groups is 1. The fourth-order valence-electron chi connectivity index (χ4n) is 2.48. The van der Waals surface area contributed by atoms with Crippen molar-refractivity contribution in [2.45, 2.75) is 45.0 Å². The second kappa shape index (κ2) is 7.10. The third kappa shape index (κ3) is 4.30. The van der Waals surface area contributed by atoms with Crippen LogP contribution in [0.3, 0.4) is 0 Å². The van der Waals surface area contributed by atoms with Gasteiger partial charge < -0.3 is 19.8 Å². The van der Waals surface area contributed by atoms with E-state index in [1.165, 1.54) is 0 Å². The molecule has 1 aromatic carbocycles. The van der Waals surface area contributed by atoms with E-state index in [1.54, 1.807) is 17.0 Å². The first kappa shape index (κ1) is 17.4. The summed E-state index contributed by atoms with van der Waals surface area (Å²) in [7, 11) is 0. The summed E-state index contributed by atoms with van der Waals surface area (Å²) in [5.74, 6) is -1.37. The quantitative estimate of drug-likeness (QED) is 0.861. The third-order valence-electron chi connectivity index (χ3n) is 4.06. The van der Waals surface area contributed by atoms with Gasteiger partial charge in [0.2, 0.25) is 0 Å². The van der Waals surface area contributed by atoms with Gasteiger partial charge in [0.05, 0.1) is 12.7 Å². The van der Waals surface area contributed by atoms with Crippen LogP contribution < -0.4 is 0 Å². The molecule has 2 N–H and O–H groups in total. The highest BCUT2D eigenvalue weighted by Crippen LogP contribution is 2.23. The zero-order valence-corrected chi connectivity index (χ0v) is 13.5. The van der Waals surface area contributed by atoms with E-state index in [0.717, 1.165) is 5.56 Å². The predicted molar refractivity (Wildman–Crippen MR) is 84.1 cm³/mol. The molecule has 126 valence electrons. The number of ether oxygens (including phenoxy) is 1. The molecule has 1 heterocycles. The zero-order valence-electron chi connectivity index (χ0n) is 13.5. The highest BCUT2D eigenvalue weighted by atomic mass is 16.5. The van der Waals surface area contributed by atoms with Crippen LogP contribution in [-0.2, 0) is 16.1 Å². The van der Waals surface area contributed by atoms with E-state index in [0.29, 0.717) is 12.2 Å². The Bertz CT molecular complexity index is 559. The third-order valence-corrected chi connectivity index (χ3v) is 4.06. The minimum Gasteiger partial charge on any atom is -0.479 e. The highest BCUT2D eigenvalue weighted by molar-refractivity contribution is 5.94. The van der Waals surface area contributed by atoms with Gasteiger partial charge in [-0.05, 0) is 31.5 Å². The molecule has 23 heavy (non-hydrogen) atoms. The fourth-order valence-corrected chi connectivity index (χ4v) is 2.48. The van der Waals surface area contributed by atoms with E-state index in [1.807, 2.05) is 26.0 Å². The lowest BCUT2D eigenvalue weighted by molar-refractivity contribution is -0.162. The first-order valence-electron chi connectivity index (χ1n) is 7.77. The molecule has 1 aromatic rings. The summed E-state index contributed by atoms with van der Waals surface area (Å²) in [5.41, 5.74) is -0.164. The number of hydrogen-bond donors (Lipinski definition) is 2. The summed E-state index contributed by atoms with van der Waals surface area (Å²) in [5, 5.41) is 18.9. The molecule has 0 unspecified atom stereocenters. The smallest absolute Gasteiger partial charge is 0.335 e. The van der Waals surface area contributed by atoms with E-state index in [-0.39, 0.29) is 37.9 Å². The van der Waals surface area contributed by atoms with Crippen LogP contribution in [-0.4, -0.2) is 51.8 Å². The Morgan fingerprint density at radius 3 is 2.26 bits per heavy atom. The van der Waals surface area contributed by atoms with Gasteiger partial charge in [-0.3, -0.25) is 4.79 Å². The normalized spacial score (nSPS) is 17.3. The number of likely N-dealkylation sites (tertiary alicyclic amines) is 1. The van der Waals surface area contributed by atoms with Crippen molar-refractivity contribution < 1.29 is 24.5 Å². The van der Waals surface area contributed by atoms with Crippen molar-refractivity contribution in [3.05, 3.63) is 35.4 Å². The SMILES string of the molecule is CC(C)OCc1ccc(C(=O)N2CCC(O)(C(=O)O)CC2)cc1. The Balaban J connectivity index is 1.95. The maximum atomic E-state index is 12.4. The van der Waals surface area contributed by atoms with Crippen LogP contribution in [0.4, 0.5) is 0 Å². The molecule has 1 aliphatic rings. The van der Waals surface area contributed by atoms with Crippen molar-refractivity contribution >= 4 is 11.9 Å². The lowest BCUT2D eigenvalue weighted by Crippen LogP contribution is -2.50. The Kier molecular flexibility index (Phi) is 5.38. The topological polar surface area (TPSA) is 87.1 Å². The molecule has 6 nitrogen and oxygen atoms in total. The number of carbonyl (C=O) groups excluding carboxylic acids is 1. The van der Waals surface area contributed by atoms with Crippen molar-refractivity contribution in [2.24, 2.45) is 0 Å². The first-order chi connectivity index (χ1) is 10.8. The molecule has 0 aromatic heterocycles. The number of benzene rings is 1. The van der Waals surface area contributed by atoms with E-state index >= 15 is 0 Å². The molecule has 1 amide bonds. The van der Waals surface area contributed by atoms with Crippen LogP contribution in [0, 0.1) is 0 Å².